The SMILES string of the molecule is COc1ccc(COCC(OC(=O)N2CCC3(CC2)CC(O)C3)C(F)(F)F)cc1. The first kappa shape index (κ1) is 21.7. The molecule has 1 aliphatic carbocycles. The smallest absolute Gasteiger partial charge is 0.427 e. The molecule has 1 aromatic rings. The molecular formula is C20H26F3NO5. The summed E-state index contributed by atoms with van der Waals surface area (Å²) in [4.78, 5) is 13.5. The molecule has 0 aromatic heterocycles. The third-order valence-electron chi connectivity index (χ3n) is 5.72. The molecule has 1 N–H and O–H groups in total. The molecule has 2 fully saturated rings. The van der Waals surface area contributed by atoms with Crippen LogP contribution < -0.4 is 4.74 Å². The normalized spacial score (nSPS) is 20.2. The second-order valence-electron chi connectivity index (χ2n) is 7.83. The summed E-state index contributed by atoms with van der Waals surface area (Å²) in [6.07, 6.45) is -5.59. The number of aliphatic hydroxyl groups excluding tert-OH is 1. The van der Waals surface area contributed by atoms with Crippen molar-refractivity contribution in [3.8, 4) is 5.75 Å². The number of hydrogen-bond donors (Lipinski definition) is 1. The van der Waals surface area contributed by atoms with Gasteiger partial charge >= 0.3 is 12.3 Å². The zero-order valence-corrected chi connectivity index (χ0v) is 16.3. The molecule has 9 heteroatoms. The standard InChI is InChI=1S/C20H26F3NO5/c1-27-16-4-2-14(3-5-16)12-28-13-17(20(21,22)23)29-18(26)24-8-6-19(7-9-24)10-15(25)11-19/h2-5,15,17,25H,6-13H2,1H3. The maximum Gasteiger partial charge on any atom is 0.427 e. The summed E-state index contributed by atoms with van der Waals surface area (Å²) in [6, 6.07) is 6.75. The average Bonchev–Trinajstić information content (AvgIpc) is 2.66. The van der Waals surface area contributed by atoms with Crippen LogP contribution in [0.15, 0.2) is 24.3 Å². The van der Waals surface area contributed by atoms with Crippen LogP contribution in [-0.2, 0) is 16.1 Å². The number of piperidine rings is 1. The third-order valence-corrected chi connectivity index (χ3v) is 5.72. The predicted molar refractivity (Wildman–Crippen MR) is 97.5 cm³/mol. The van der Waals surface area contributed by atoms with Gasteiger partial charge in [0, 0.05) is 13.1 Å². The van der Waals surface area contributed by atoms with Crippen LogP contribution in [0.5, 0.6) is 5.75 Å². The molecule has 1 saturated carbocycles. The summed E-state index contributed by atoms with van der Waals surface area (Å²) < 4.78 is 54.8. The Morgan fingerprint density at radius 3 is 2.38 bits per heavy atom. The summed E-state index contributed by atoms with van der Waals surface area (Å²) in [7, 11) is 1.52. The number of hydrogen-bond acceptors (Lipinski definition) is 5. The van der Waals surface area contributed by atoms with E-state index in [0.29, 0.717) is 50.1 Å². The van der Waals surface area contributed by atoms with Crippen molar-refractivity contribution in [2.75, 3.05) is 26.8 Å². The Morgan fingerprint density at radius 2 is 1.86 bits per heavy atom. The highest BCUT2D eigenvalue weighted by Crippen LogP contribution is 2.49. The molecule has 1 spiro atoms. The maximum absolute atomic E-state index is 13.3. The molecule has 2 aliphatic rings. The Bertz CT molecular complexity index is 678. The first-order valence-corrected chi connectivity index (χ1v) is 9.62. The van der Waals surface area contributed by atoms with Gasteiger partial charge in [-0.2, -0.15) is 13.2 Å². The second-order valence-corrected chi connectivity index (χ2v) is 7.83. The van der Waals surface area contributed by atoms with E-state index in [1.165, 1.54) is 12.0 Å². The van der Waals surface area contributed by atoms with Gasteiger partial charge < -0.3 is 24.2 Å². The average molecular weight is 417 g/mol. The molecule has 29 heavy (non-hydrogen) atoms. The van der Waals surface area contributed by atoms with Crippen LogP contribution in [0.1, 0.15) is 31.2 Å². The van der Waals surface area contributed by atoms with E-state index >= 15 is 0 Å². The number of benzene rings is 1. The lowest BCUT2D eigenvalue weighted by atomic mass is 9.61. The van der Waals surface area contributed by atoms with E-state index < -0.39 is 25.0 Å². The van der Waals surface area contributed by atoms with Gasteiger partial charge in [0.05, 0.1) is 26.4 Å². The highest BCUT2D eigenvalue weighted by Gasteiger charge is 2.47. The number of likely N-dealkylation sites (tertiary alicyclic amines) is 1. The molecule has 1 aromatic carbocycles. The number of ether oxygens (including phenoxy) is 3. The quantitative estimate of drug-likeness (QED) is 0.767. The van der Waals surface area contributed by atoms with Crippen LogP contribution in [0, 0.1) is 5.41 Å². The first-order valence-electron chi connectivity index (χ1n) is 9.62. The van der Waals surface area contributed by atoms with Gasteiger partial charge in [0.15, 0.2) is 0 Å². The molecule has 0 radical (unpaired) electrons. The van der Waals surface area contributed by atoms with Crippen LogP contribution in [0.4, 0.5) is 18.0 Å². The van der Waals surface area contributed by atoms with Gasteiger partial charge in [-0.1, -0.05) is 12.1 Å². The van der Waals surface area contributed by atoms with Gasteiger partial charge in [-0.25, -0.2) is 4.79 Å². The van der Waals surface area contributed by atoms with E-state index in [0.717, 1.165) is 0 Å². The number of carbonyl (C=O) groups excluding carboxylic acids is 1. The van der Waals surface area contributed by atoms with E-state index in [9.17, 15) is 23.1 Å². The molecule has 1 amide bonds. The monoisotopic (exact) mass is 417 g/mol. The predicted octanol–water partition coefficient (Wildman–Crippen LogP) is 3.52. The van der Waals surface area contributed by atoms with Gasteiger partial charge in [-0.05, 0) is 48.8 Å². The number of rotatable bonds is 6. The topological polar surface area (TPSA) is 68.2 Å². The van der Waals surface area contributed by atoms with Crippen molar-refractivity contribution in [2.45, 2.75) is 50.7 Å². The number of halogens is 3. The molecular weight excluding hydrogens is 391 g/mol. The van der Waals surface area contributed by atoms with E-state index in [-0.39, 0.29) is 18.1 Å². The first-order chi connectivity index (χ1) is 13.7. The van der Waals surface area contributed by atoms with Gasteiger partial charge in [0.1, 0.15) is 5.75 Å². The summed E-state index contributed by atoms with van der Waals surface area (Å²) in [6.45, 7) is -0.139. The molecule has 162 valence electrons. The Kier molecular flexibility index (Phi) is 6.58. The minimum atomic E-state index is -4.72. The lowest BCUT2D eigenvalue weighted by Crippen LogP contribution is -2.51. The molecule has 1 aliphatic heterocycles. The van der Waals surface area contributed by atoms with Crippen molar-refractivity contribution in [2.24, 2.45) is 5.41 Å². The van der Waals surface area contributed by atoms with E-state index in [2.05, 4.69) is 0 Å². The van der Waals surface area contributed by atoms with Gasteiger partial charge in [-0.3, -0.25) is 0 Å². The lowest BCUT2D eigenvalue weighted by Gasteiger charge is -2.50. The number of methoxy groups -OCH3 is 1. The summed E-state index contributed by atoms with van der Waals surface area (Å²) in [5.41, 5.74) is 0.711. The van der Waals surface area contributed by atoms with Crippen LogP contribution in [0.3, 0.4) is 0 Å². The van der Waals surface area contributed by atoms with Crippen molar-refractivity contribution in [1.82, 2.24) is 4.90 Å². The van der Waals surface area contributed by atoms with Crippen LogP contribution in [0.25, 0.3) is 0 Å². The van der Waals surface area contributed by atoms with Gasteiger partial charge in [-0.15, -0.1) is 0 Å². The van der Waals surface area contributed by atoms with E-state index in [1.54, 1.807) is 24.3 Å². The molecule has 1 atom stereocenters. The fourth-order valence-corrected chi connectivity index (χ4v) is 3.91. The van der Waals surface area contributed by atoms with Crippen LogP contribution in [0.2, 0.25) is 0 Å². The zero-order chi connectivity index (χ0) is 21.1. The Morgan fingerprint density at radius 1 is 1.24 bits per heavy atom. The van der Waals surface area contributed by atoms with Crippen molar-refractivity contribution < 1.29 is 37.3 Å². The van der Waals surface area contributed by atoms with Gasteiger partial charge in [0.25, 0.3) is 0 Å². The van der Waals surface area contributed by atoms with Crippen molar-refractivity contribution in [3.63, 3.8) is 0 Å². The minimum Gasteiger partial charge on any atom is -0.497 e. The Labute approximate surface area is 167 Å². The zero-order valence-electron chi connectivity index (χ0n) is 16.3. The van der Waals surface area contributed by atoms with Crippen molar-refractivity contribution >= 4 is 6.09 Å². The highest BCUT2D eigenvalue weighted by molar-refractivity contribution is 5.68. The minimum absolute atomic E-state index is 0.0289. The number of nitrogens with zero attached hydrogens (tertiary/aromatic N) is 1. The summed E-state index contributed by atoms with van der Waals surface area (Å²) in [5, 5.41) is 9.49. The second kappa shape index (κ2) is 8.79. The van der Waals surface area contributed by atoms with Crippen molar-refractivity contribution in [3.05, 3.63) is 29.8 Å². The molecule has 6 nitrogen and oxygen atoms in total. The molecule has 1 unspecified atom stereocenters. The third kappa shape index (κ3) is 5.54. The molecule has 1 heterocycles. The number of amides is 1. The Hall–Kier alpha value is -2.00. The van der Waals surface area contributed by atoms with E-state index in [1.807, 2.05) is 0 Å². The maximum atomic E-state index is 13.3. The highest BCUT2D eigenvalue weighted by atomic mass is 19.4. The number of aliphatic hydroxyl groups is 1. The summed E-state index contributed by atoms with van der Waals surface area (Å²) >= 11 is 0. The Balaban J connectivity index is 1.47. The molecule has 3 rings (SSSR count). The fourth-order valence-electron chi connectivity index (χ4n) is 3.91. The fraction of sp³-hybridized carbons (Fsp3) is 0.650. The van der Waals surface area contributed by atoms with E-state index in [4.69, 9.17) is 14.2 Å². The lowest BCUT2D eigenvalue weighted by molar-refractivity contribution is -0.220. The van der Waals surface area contributed by atoms with Crippen molar-refractivity contribution in [1.29, 1.82) is 0 Å². The number of carbonyl (C=O) groups is 1. The molecule has 0 bridgehead atoms. The number of alkyl halides is 3. The van der Waals surface area contributed by atoms with Crippen LogP contribution >= 0.6 is 0 Å². The largest absolute Gasteiger partial charge is 0.497 e. The van der Waals surface area contributed by atoms with Gasteiger partial charge in [0.2, 0.25) is 6.10 Å². The molecule has 1 saturated heterocycles. The summed E-state index contributed by atoms with van der Waals surface area (Å²) in [5.74, 6) is 0.635. The van der Waals surface area contributed by atoms with Crippen LogP contribution in [-0.4, -0.2) is 61.3 Å².